The average molecular weight is 204 g/mol. The highest BCUT2D eigenvalue weighted by Crippen LogP contribution is 2.30. The molecule has 70 valence electrons. The predicted molar refractivity (Wildman–Crippen MR) is 46.7 cm³/mol. The van der Waals surface area contributed by atoms with Crippen molar-refractivity contribution in [2.45, 2.75) is 12.5 Å². The number of halogens is 3. The van der Waals surface area contributed by atoms with Gasteiger partial charge in [-0.05, 0) is 25.1 Å². The largest absolute Gasteiger partial charge is 0.310 e. The second-order valence-corrected chi connectivity index (χ2v) is 3.46. The molecule has 1 N–H and O–H groups in total. The van der Waals surface area contributed by atoms with E-state index in [1.165, 1.54) is 12.1 Å². The Morgan fingerprint density at radius 2 is 2.08 bits per heavy atom. The second-order valence-electron chi connectivity index (χ2n) is 3.05. The minimum Gasteiger partial charge on any atom is -0.310 e. The summed E-state index contributed by atoms with van der Waals surface area (Å²) in [5.41, 5.74) is 0.0683. The molecule has 1 saturated heterocycles. The topological polar surface area (TPSA) is 12.0 Å². The first-order chi connectivity index (χ1) is 6.20. The lowest BCUT2D eigenvalue weighted by atomic mass is 9.97. The van der Waals surface area contributed by atoms with Gasteiger partial charge in [0.1, 0.15) is 11.6 Å². The Balaban J connectivity index is 2.46. The Hall–Kier alpha value is -0.670. The molecule has 1 unspecified atom stereocenters. The van der Waals surface area contributed by atoms with E-state index in [0.29, 0.717) is 0 Å². The van der Waals surface area contributed by atoms with Gasteiger partial charge in [-0.15, -0.1) is 0 Å². The van der Waals surface area contributed by atoms with E-state index in [4.69, 9.17) is 11.6 Å². The quantitative estimate of drug-likeness (QED) is 0.692. The molecule has 1 fully saturated rings. The Bertz CT molecular complexity index is 337. The van der Waals surface area contributed by atoms with Gasteiger partial charge >= 0.3 is 0 Å². The monoisotopic (exact) mass is 203 g/mol. The van der Waals surface area contributed by atoms with Crippen molar-refractivity contribution < 1.29 is 8.78 Å². The SMILES string of the molecule is Fc1ccc(Cl)c(F)c1C1CCN1. The molecule has 0 aromatic heterocycles. The van der Waals surface area contributed by atoms with Crippen LogP contribution in [0, 0.1) is 11.6 Å². The first-order valence-corrected chi connectivity index (χ1v) is 4.44. The van der Waals surface area contributed by atoms with Crippen molar-refractivity contribution in [1.82, 2.24) is 5.32 Å². The average Bonchev–Trinajstić information content (AvgIpc) is 2.02. The fourth-order valence-corrected chi connectivity index (χ4v) is 1.56. The van der Waals surface area contributed by atoms with Crippen LogP contribution in [0.25, 0.3) is 0 Å². The molecule has 0 amide bonds. The van der Waals surface area contributed by atoms with Gasteiger partial charge < -0.3 is 5.32 Å². The van der Waals surface area contributed by atoms with Gasteiger partial charge in [-0.3, -0.25) is 0 Å². The molecular weight excluding hydrogens is 196 g/mol. The molecular formula is C9H8ClF2N. The van der Waals surface area contributed by atoms with Gasteiger partial charge in [0, 0.05) is 11.6 Å². The van der Waals surface area contributed by atoms with Crippen molar-refractivity contribution in [2.24, 2.45) is 0 Å². The summed E-state index contributed by atoms with van der Waals surface area (Å²) < 4.78 is 26.5. The lowest BCUT2D eigenvalue weighted by molar-refractivity contribution is 0.356. The van der Waals surface area contributed by atoms with Crippen LogP contribution in [-0.2, 0) is 0 Å². The normalized spacial score (nSPS) is 21.3. The summed E-state index contributed by atoms with van der Waals surface area (Å²) in [4.78, 5) is 0. The summed E-state index contributed by atoms with van der Waals surface area (Å²) in [6.07, 6.45) is 0.758. The molecule has 0 radical (unpaired) electrons. The highest BCUT2D eigenvalue weighted by atomic mass is 35.5. The van der Waals surface area contributed by atoms with Gasteiger partial charge in [0.25, 0.3) is 0 Å². The fourth-order valence-electron chi connectivity index (χ4n) is 1.40. The Morgan fingerprint density at radius 3 is 2.62 bits per heavy atom. The maximum Gasteiger partial charge on any atom is 0.149 e. The zero-order chi connectivity index (χ0) is 9.42. The van der Waals surface area contributed by atoms with E-state index in [9.17, 15) is 8.78 Å². The number of benzene rings is 1. The smallest absolute Gasteiger partial charge is 0.149 e. The van der Waals surface area contributed by atoms with Gasteiger partial charge in [0.2, 0.25) is 0 Å². The molecule has 1 aromatic rings. The third-order valence-electron chi connectivity index (χ3n) is 2.25. The number of nitrogens with one attached hydrogen (secondary N) is 1. The van der Waals surface area contributed by atoms with Crippen LogP contribution in [-0.4, -0.2) is 6.54 Å². The lowest BCUT2D eigenvalue weighted by Crippen LogP contribution is -2.36. The summed E-state index contributed by atoms with van der Waals surface area (Å²) >= 11 is 5.54. The van der Waals surface area contributed by atoms with Crippen LogP contribution in [0.4, 0.5) is 8.78 Å². The van der Waals surface area contributed by atoms with Crippen LogP contribution in [0.1, 0.15) is 18.0 Å². The van der Waals surface area contributed by atoms with Gasteiger partial charge in [0.15, 0.2) is 0 Å². The Kier molecular flexibility index (Phi) is 2.22. The molecule has 1 aromatic carbocycles. The van der Waals surface area contributed by atoms with Crippen molar-refractivity contribution in [3.8, 4) is 0 Å². The molecule has 0 spiro atoms. The van der Waals surface area contributed by atoms with E-state index in [-0.39, 0.29) is 16.6 Å². The number of rotatable bonds is 1. The van der Waals surface area contributed by atoms with Crippen LogP contribution in [0.3, 0.4) is 0 Å². The molecule has 4 heteroatoms. The maximum atomic E-state index is 13.3. The summed E-state index contributed by atoms with van der Waals surface area (Å²) in [7, 11) is 0. The van der Waals surface area contributed by atoms with Gasteiger partial charge in [-0.1, -0.05) is 11.6 Å². The molecule has 0 bridgehead atoms. The van der Waals surface area contributed by atoms with Crippen LogP contribution in [0.2, 0.25) is 5.02 Å². The Labute approximate surface area is 79.7 Å². The van der Waals surface area contributed by atoms with Crippen LogP contribution in [0.15, 0.2) is 12.1 Å². The minimum absolute atomic E-state index is 0.0231. The molecule has 13 heavy (non-hydrogen) atoms. The molecule has 0 saturated carbocycles. The van der Waals surface area contributed by atoms with Gasteiger partial charge in [-0.2, -0.15) is 0 Å². The van der Waals surface area contributed by atoms with Crippen molar-refractivity contribution in [3.63, 3.8) is 0 Å². The molecule has 1 atom stereocenters. The zero-order valence-electron chi connectivity index (χ0n) is 6.78. The highest BCUT2D eigenvalue weighted by Gasteiger charge is 2.26. The maximum absolute atomic E-state index is 13.3. The molecule has 2 rings (SSSR count). The van der Waals surface area contributed by atoms with E-state index < -0.39 is 11.6 Å². The van der Waals surface area contributed by atoms with Crippen molar-refractivity contribution in [2.75, 3.05) is 6.54 Å². The molecule has 1 aliphatic heterocycles. The fraction of sp³-hybridized carbons (Fsp3) is 0.333. The van der Waals surface area contributed by atoms with Gasteiger partial charge in [-0.25, -0.2) is 8.78 Å². The van der Waals surface area contributed by atoms with Crippen LogP contribution >= 0.6 is 11.6 Å². The molecule has 0 aliphatic carbocycles. The summed E-state index contributed by atoms with van der Waals surface area (Å²) in [5, 5.41) is 2.91. The highest BCUT2D eigenvalue weighted by molar-refractivity contribution is 6.30. The molecule has 1 heterocycles. The first-order valence-electron chi connectivity index (χ1n) is 4.07. The van der Waals surface area contributed by atoms with Crippen LogP contribution < -0.4 is 5.32 Å². The van der Waals surface area contributed by atoms with E-state index >= 15 is 0 Å². The van der Waals surface area contributed by atoms with E-state index in [0.717, 1.165) is 13.0 Å². The number of hydrogen-bond acceptors (Lipinski definition) is 1. The predicted octanol–water partition coefficient (Wildman–Crippen LogP) is 2.65. The third kappa shape index (κ3) is 1.42. The summed E-state index contributed by atoms with van der Waals surface area (Å²) in [6, 6.07) is 2.22. The summed E-state index contributed by atoms with van der Waals surface area (Å²) in [5.74, 6) is -1.17. The minimum atomic E-state index is -0.640. The first kappa shape index (κ1) is 8.91. The van der Waals surface area contributed by atoms with E-state index in [2.05, 4.69) is 5.32 Å². The second kappa shape index (κ2) is 3.24. The Morgan fingerprint density at radius 1 is 1.38 bits per heavy atom. The van der Waals surface area contributed by atoms with E-state index in [1.807, 2.05) is 0 Å². The number of hydrogen-bond donors (Lipinski definition) is 1. The van der Waals surface area contributed by atoms with Gasteiger partial charge in [0.05, 0.1) is 5.02 Å². The standard InChI is InChI=1S/C9H8ClF2N/c10-5-1-2-6(11)8(9(5)12)7-3-4-13-7/h1-2,7,13H,3-4H2. The zero-order valence-corrected chi connectivity index (χ0v) is 7.54. The van der Waals surface area contributed by atoms with Crippen LogP contribution in [0.5, 0.6) is 0 Å². The third-order valence-corrected chi connectivity index (χ3v) is 2.54. The molecule has 1 nitrogen and oxygen atoms in total. The van der Waals surface area contributed by atoms with Crippen molar-refractivity contribution in [1.29, 1.82) is 0 Å². The lowest BCUT2D eigenvalue weighted by Gasteiger charge is -2.28. The van der Waals surface area contributed by atoms with E-state index in [1.54, 1.807) is 0 Å². The molecule has 1 aliphatic rings. The summed E-state index contributed by atoms with van der Waals surface area (Å²) in [6.45, 7) is 0.802. The van der Waals surface area contributed by atoms with Crippen molar-refractivity contribution in [3.05, 3.63) is 34.4 Å². The van der Waals surface area contributed by atoms with Crippen molar-refractivity contribution >= 4 is 11.6 Å².